The molecular formula is C28H36F6N4O6. The maximum Gasteiger partial charge on any atom is 0.471 e. The van der Waals surface area contributed by atoms with Gasteiger partial charge in [0.15, 0.2) is 0 Å². The minimum Gasteiger partial charge on any atom is -0.461 e. The van der Waals surface area contributed by atoms with Crippen molar-refractivity contribution >= 4 is 29.6 Å². The Morgan fingerprint density at radius 3 is 2.34 bits per heavy atom. The zero-order valence-corrected chi connectivity index (χ0v) is 24.1. The first-order chi connectivity index (χ1) is 20.6. The summed E-state index contributed by atoms with van der Waals surface area (Å²) < 4.78 is 89.1. The van der Waals surface area contributed by atoms with Crippen LogP contribution in [-0.2, 0) is 28.7 Å². The topological polar surface area (TPSA) is 134 Å². The Hall–Kier alpha value is -3.33. The highest BCUT2D eigenvalue weighted by molar-refractivity contribution is 5.94. The number of piperidine rings is 2. The maximum absolute atomic E-state index is 15.2. The molecule has 0 radical (unpaired) electrons. The molecular weight excluding hydrogens is 602 g/mol. The van der Waals surface area contributed by atoms with Crippen LogP contribution in [0, 0.1) is 17.8 Å². The van der Waals surface area contributed by atoms with Crippen LogP contribution < -0.4 is 16.0 Å². The van der Waals surface area contributed by atoms with E-state index in [4.69, 9.17) is 0 Å². The minimum absolute atomic E-state index is 0.0577. The highest BCUT2D eigenvalue weighted by atomic mass is 19.4. The molecule has 246 valence electrons. The zero-order valence-electron chi connectivity index (χ0n) is 24.1. The fourth-order valence-electron chi connectivity index (χ4n) is 6.59. The zero-order chi connectivity index (χ0) is 32.4. The van der Waals surface area contributed by atoms with E-state index in [-0.39, 0.29) is 38.2 Å². The first kappa shape index (κ1) is 33.6. The van der Waals surface area contributed by atoms with E-state index >= 15 is 8.78 Å². The molecule has 2 saturated carbocycles. The van der Waals surface area contributed by atoms with E-state index in [1.807, 2.05) is 0 Å². The second-order valence-corrected chi connectivity index (χ2v) is 11.9. The van der Waals surface area contributed by atoms with Crippen molar-refractivity contribution in [3.8, 4) is 0 Å². The summed E-state index contributed by atoms with van der Waals surface area (Å²) in [6, 6.07) is -6.15. The number of carbonyl (C=O) groups is 5. The van der Waals surface area contributed by atoms with Crippen molar-refractivity contribution in [1.82, 2.24) is 20.9 Å². The standard InChI is InChI=1S/C28H36F6N4O6/c1-2-44-25(42)19(29)12-16(11-15-8-9-35-22(15)39)36-23(40)21-18-7-6-17(13-27(18,30)31)38(21)24(41)20(10-14-4-3-5-14)37-26(43)28(32,33)34/h12,14-18,20-21H,2-11,13H2,1H3,(H,35,39)(H,36,40)(H,37,43)/b19-12+/t15-,16-,17+,18+,20+,21-/m0/s1. The predicted molar refractivity (Wildman–Crippen MR) is 140 cm³/mol. The molecule has 4 amide bonds. The van der Waals surface area contributed by atoms with Gasteiger partial charge in [0.1, 0.15) is 12.1 Å². The van der Waals surface area contributed by atoms with Crippen LogP contribution in [0.15, 0.2) is 11.9 Å². The third-order valence-corrected chi connectivity index (χ3v) is 8.96. The quantitative estimate of drug-likeness (QED) is 0.181. The van der Waals surface area contributed by atoms with E-state index in [0.29, 0.717) is 31.9 Å². The number of hydrogen-bond acceptors (Lipinski definition) is 6. The average molecular weight is 639 g/mol. The van der Waals surface area contributed by atoms with Crippen LogP contribution >= 0.6 is 0 Å². The summed E-state index contributed by atoms with van der Waals surface area (Å²) in [6.07, 6.45) is -3.60. The SMILES string of the molecule is CCOC(=O)/C(F)=C\[C@H](C[C@@H]1CCNC1=O)NC(=O)[C@@H]1[C@H]2CC[C@H](CC2(F)F)N1C(=O)[C@@H](CC1CCC1)NC(=O)C(F)(F)F. The molecule has 2 bridgehead atoms. The molecule has 3 aliphatic heterocycles. The molecule has 16 heteroatoms. The number of halogens is 6. The van der Waals surface area contributed by atoms with Gasteiger partial charge in [0.25, 0.3) is 5.92 Å². The third kappa shape index (κ3) is 7.48. The largest absolute Gasteiger partial charge is 0.471 e. The van der Waals surface area contributed by atoms with Crippen molar-refractivity contribution in [2.75, 3.05) is 13.2 Å². The molecule has 10 nitrogen and oxygen atoms in total. The Bertz CT molecular complexity index is 1180. The maximum atomic E-state index is 15.2. The second kappa shape index (κ2) is 13.3. The first-order valence-corrected chi connectivity index (χ1v) is 14.8. The van der Waals surface area contributed by atoms with Crippen molar-refractivity contribution in [2.45, 2.75) is 101 Å². The normalized spacial score (nSPS) is 28.0. The highest BCUT2D eigenvalue weighted by Gasteiger charge is 2.61. The molecule has 5 aliphatic rings. The third-order valence-electron chi connectivity index (χ3n) is 8.96. The lowest BCUT2D eigenvalue weighted by Crippen LogP contribution is -2.71. The monoisotopic (exact) mass is 638 g/mol. The molecule has 5 fully saturated rings. The molecule has 44 heavy (non-hydrogen) atoms. The van der Waals surface area contributed by atoms with Gasteiger partial charge in [-0.05, 0) is 51.0 Å². The van der Waals surface area contributed by atoms with Crippen molar-refractivity contribution in [3.05, 3.63) is 11.9 Å². The Labute approximate surface area is 249 Å². The number of nitrogens with zero attached hydrogens (tertiary/aromatic N) is 1. The van der Waals surface area contributed by atoms with Crippen molar-refractivity contribution in [1.29, 1.82) is 0 Å². The van der Waals surface area contributed by atoms with Gasteiger partial charge in [0.05, 0.1) is 18.6 Å². The number of alkyl halides is 5. The van der Waals surface area contributed by atoms with Gasteiger partial charge in [-0.2, -0.15) is 17.6 Å². The summed E-state index contributed by atoms with van der Waals surface area (Å²) in [7, 11) is 0. The Morgan fingerprint density at radius 1 is 1.09 bits per heavy atom. The number of esters is 1. The number of amides is 4. The molecule has 3 heterocycles. The minimum atomic E-state index is -5.31. The van der Waals surface area contributed by atoms with Gasteiger partial charge >= 0.3 is 18.1 Å². The molecule has 0 unspecified atom stereocenters. The molecule has 0 aromatic rings. The van der Waals surface area contributed by atoms with Crippen LogP contribution in [0.5, 0.6) is 0 Å². The lowest BCUT2D eigenvalue weighted by molar-refractivity contribution is -0.196. The van der Waals surface area contributed by atoms with Crippen LogP contribution in [0.2, 0.25) is 0 Å². The van der Waals surface area contributed by atoms with E-state index in [0.717, 1.165) is 11.3 Å². The number of carbonyl (C=O) groups excluding carboxylic acids is 5. The van der Waals surface area contributed by atoms with Crippen LogP contribution in [0.4, 0.5) is 26.3 Å². The van der Waals surface area contributed by atoms with Gasteiger partial charge in [-0.25, -0.2) is 13.6 Å². The van der Waals surface area contributed by atoms with Crippen molar-refractivity contribution in [3.63, 3.8) is 0 Å². The van der Waals surface area contributed by atoms with E-state index in [1.54, 1.807) is 5.32 Å². The van der Waals surface area contributed by atoms with Crippen molar-refractivity contribution < 1.29 is 55.1 Å². The van der Waals surface area contributed by atoms with Gasteiger partial charge in [0, 0.05) is 24.9 Å². The summed E-state index contributed by atoms with van der Waals surface area (Å²) >= 11 is 0. The molecule has 0 aromatic carbocycles. The predicted octanol–water partition coefficient (Wildman–Crippen LogP) is 2.67. The number of fused-ring (bicyclic) bond motifs is 3. The molecule has 2 aliphatic carbocycles. The average Bonchev–Trinajstić information content (AvgIpc) is 3.31. The summed E-state index contributed by atoms with van der Waals surface area (Å²) in [6.45, 7) is 1.58. The van der Waals surface area contributed by atoms with Gasteiger partial charge < -0.3 is 25.6 Å². The van der Waals surface area contributed by atoms with E-state index in [9.17, 15) is 41.5 Å². The molecule has 0 spiro atoms. The number of hydrogen-bond donors (Lipinski definition) is 3. The van der Waals surface area contributed by atoms with Crippen LogP contribution in [0.1, 0.15) is 64.7 Å². The van der Waals surface area contributed by atoms with Crippen LogP contribution in [0.3, 0.4) is 0 Å². The molecule has 5 rings (SSSR count). The number of nitrogens with one attached hydrogen (secondary N) is 3. The first-order valence-electron chi connectivity index (χ1n) is 14.8. The lowest BCUT2D eigenvalue weighted by Gasteiger charge is -2.54. The fraction of sp³-hybridized carbons (Fsp3) is 0.750. The smallest absolute Gasteiger partial charge is 0.461 e. The Morgan fingerprint density at radius 2 is 1.80 bits per heavy atom. The van der Waals surface area contributed by atoms with E-state index in [2.05, 4.69) is 15.4 Å². The number of ether oxygens (including phenoxy) is 1. The van der Waals surface area contributed by atoms with Crippen LogP contribution in [0.25, 0.3) is 0 Å². The van der Waals surface area contributed by atoms with E-state index in [1.165, 1.54) is 6.92 Å². The second-order valence-electron chi connectivity index (χ2n) is 11.9. The molecule has 3 saturated heterocycles. The Kier molecular flexibility index (Phi) is 10.2. The van der Waals surface area contributed by atoms with Gasteiger partial charge in [-0.3, -0.25) is 19.2 Å². The van der Waals surface area contributed by atoms with Gasteiger partial charge in [0.2, 0.25) is 23.5 Å². The summed E-state index contributed by atoms with van der Waals surface area (Å²) in [5, 5.41) is 6.69. The molecule has 0 aromatic heterocycles. The molecule has 6 atom stereocenters. The lowest BCUT2D eigenvalue weighted by atomic mass is 9.71. The van der Waals surface area contributed by atoms with Crippen molar-refractivity contribution in [2.24, 2.45) is 17.8 Å². The highest BCUT2D eigenvalue weighted by Crippen LogP contribution is 2.49. The summed E-state index contributed by atoms with van der Waals surface area (Å²) in [4.78, 5) is 64.4. The number of rotatable bonds is 11. The Balaban J connectivity index is 1.64. The van der Waals surface area contributed by atoms with Gasteiger partial charge in [-0.1, -0.05) is 19.3 Å². The fourth-order valence-corrected chi connectivity index (χ4v) is 6.59. The molecule has 3 N–H and O–H groups in total. The van der Waals surface area contributed by atoms with Gasteiger partial charge in [-0.15, -0.1) is 0 Å². The van der Waals surface area contributed by atoms with E-state index < -0.39 is 89.9 Å². The van der Waals surface area contributed by atoms with Crippen LogP contribution in [-0.4, -0.2) is 83.9 Å². The summed E-state index contributed by atoms with van der Waals surface area (Å²) in [5.41, 5.74) is 0. The summed E-state index contributed by atoms with van der Waals surface area (Å²) in [5.74, 6) is -13.7.